The number of rotatable bonds is 4. The van der Waals surface area contributed by atoms with Crippen LogP contribution in [0.15, 0.2) is 29.3 Å². The number of anilines is 1. The van der Waals surface area contributed by atoms with Crippen LogP contribution in [0.2, 0.25) is 0 Å². The first-order valence-electron chi connectivity index (χ1n) is 9.19. The summed E-state index contributed by atoms with van der Waals surface area (Å²) in [4.78, 5) is 18.9. The standard InChI is InChI=1S/C19H27FN4O/c1-2-21-18(24-11-10-19(14-24)8-3-4-9-19)22-13-17(25)23-16-7-5-6-15(20)12-16/h5-7,12H,2-4,8-11,13-14H2,1H3,(H,21,22)(H,23,25). The largest absolute Gasteiger partial charge is 0.357 e. The zero-order chi connectivity index (χ0) is 17.7. The Balaban J connectivity index is 1.59. The van der Waals surface area contributed by atoms with Crippen molar-refractivity contribution in [3.8, 4) is 0 Å². The van der Waals surface area contributed by atoms with Crippen LogP contribution >= 0.6 is 0 Å². The van der Waals surface area contributed by atoms with Gasteiger partial charge >= 0.3 is 0 Å². The third-order valence-electron chi connectivity index (χ3n) is 5.22. The van der Waals surface area contributed by atoms with E-state index < -0.39 is 0 Å². The molecule has 1 spiro atoms. The number of guanidine groups is 1. The van der Waals surface area contributed by atoms with Crippen molar-refractivity contribution in [2.75, 3.05) is 31.5 Å². The molecule has 2 aliphatic rings. The van der Waals surface area contributed by atoms with Gasteiger partial charge in [0.15, 0.2) is 5.96 Å². The number of amides is 1. The van der Waals surface area contributed by atoms with Gasteiger partial charge in [0.1, 0.15) is 12.4 Å². The fraction of sp³-hybridized carbons (Fsp3) is 0.579. The van der Waals surface area contributed by atoms with Crippen LogP contribution < -0.4 is 10.6 Å². The van der Waals surface area contributed by atoms with Gasteiger partial charge in [0.2, 0.25) is 5.91 Å². The van der Waals surface area contributed by atoms with Gasteiger partial charge in [-0.1, -0.05) is 18.9 Å². The van der Waals surface area contributed by atoms with Crippen molar-refractivity contribution < 1.29 is 9.18 Å². The summed E-state index contributed by atoms with van der Waals surface area (Å²) in [6, 6.07) is 5.89. The van der Waals surface area contributed by atoms with Crippen molar-refractivity contribution >= 4 is 17.6 Å². The minimum Gasteiger partial charge on any atom is -0.357 e. The molecule has 0 atom stereocenters. The molecule has 1 aromatic rings. The quantitative estimate of drug-likeness (QED) is 0.651. The van der Waals surface area contributed by atoms with Crippen LogP contribution in [0.5, 0.6) is 0 Å². The lowest BCUT2D eigenvalue weighted by Crippen LogP contribution is -2.41. The number of nitrogens with one attached hydrogen (secondary N) is 2. The monoisotopic (exact) mass is 346 g/mol. The number of hydrogen-bond donors (Lipinski definition) is 2. The second kappa shape index (κ2) is 7.85. The average Bonchev–Trinajstić information content (AvgIpc) is 3.22. The van der Waals surface area contributed by atoms with Gasteiger partial charge in [-0.25, -0.2) is 9.38 Å². The van der Waals surface area contributed by atoms with Gasteiger partial charge < -0.3 is 15.5 Å². The molecule has 1 saturated heterocycles. The summed E-state index contributed by atoms with van der Waals surface area (Å²) in [7, 11) is 0. The van der Waals surface area contributed by atoms with E-state index in [1.165, 1.54) is 44.2 Å². The van der Waals surface area contributed by atoms with E-state index in [2.05, 4.69) is 20.5 Å². The Morgan fingerprint density at radius 3 is 2.84 bits per heavy atom. The topological polar surface area (TPSA) is 56.7 Å². The Hall–Kier alpha value is -2.11. The molecular weight excluding hydrogens is 319 g/mol. The zero-order valence-electron chi connectivity index (χ0n) is 14.9. The molecule has 1 saturated carbocycles. The van der Waals surface area contributed by atoms with E-state index in [1.54, 1.807) is 12.1 Å². The molecule has 1 heterocycles. The van der Waals surface area contributed by atoms with Gasteiger partial charge in [0.25, 0.3) is 0 Å². The third-order valence-corrected chi connectivity index (χ3v) is 5.22. The maximum atomic E-state index is 13.2. The van der Waals surface area contributed by atoms with E-state index >= 15 is 0 Å². The Kier molecular flexibility index (Phi) is 5.56. The molecule has 3 rings (SSSR count). The molecule has 1 aliphatic carbocycles. The van der Waals surface area contributed by atoms with Crippen LogP contribution in [0.1, 0.15) is 39.0 Å². The van der Waals surface area contributed by atoms with Crippen molar-refractivity contribution in [1.82, 2.24) is 10.2 Å². The molecular formula is C19H27FN4O. The third kappa shape index (κ3) is 4.50. The van der Waals surface area contributed by atoms with Crippen LogP contribution in [0.25, 0.3) is 0 Å². The number of carbonyl (C=O) groups excluding carboxylic acids is 1. The molecule has 25 heavy (non-hydrogen) atoms. The molecule has 0 unspecified atom stereocenters. The van der Waals surface area contributed by atoms with Crippen molar-refractivity contribution in [2.45, 2.75) is 39.0 Å². The predicted octanol–water partition coefficient (Wildman–Crippen LogP) is 3.00. The summed E-state index contributed by atoms with van der Waals surface area (Å²) in [5.41, 5.74) is 0.913. The van der Waals surface area contributed by atoms with E-state index in [0.29, 0.717) is 11.1 Å². The summed E-state index contributed by atoms with van der Waals surface area (Å²) in [6.45, 7) is 4.86. The molecule has 2 fully saturated rings. The minimum atomic E-state index is -0.367. The normalized spacial score (nSPS) is 19.4. The first-order valence-corrected chi connectivity index (χ1v) is 9.19. The molecule has 1 aromatic carbocycles. The highest BCUT2D eigenvalue weighted by Crippen LogP contribution is 2.45. The van der Waals surface area contributed by atoms with E-state index in [1.807, 2.05) is 6.92 Å². The number of nitrogens with zero attached hydrogens (tertiary/aromatic N) is 2. The van der Waals surface area contributed by atoms with Crippen molar-refractivity contribution in [3.05, 3.63) is 30.1 Å². The van der Waals surface area contributed by atoms with Crippen LogP contribution in [0, 0.1) is 11.2 Å². The summed E-state index contributed by atoms with van der Waals surface area (Å²) in [5, 5.41) is 5.98. The van der Waals surface area contributed by atoms with E-state index in [9.17, 15) is 9.18 Å². The van der Waals surface area contributed by atoms with Crippen molar-refractivity contribution in [1.29, 1.82) is 0 Å². The lowest BCUT2D eigenvalue weighted by molar-refractivity contribution is -0.114. The highest BCUT2D eigenvalue weighted by atomic mass is 19.1. The van der Waals surface area contributed by atoms with Crippen LogP contribution in [0.3, 0.4) is 0 Å². The van der Waals surface area contributed by atoms with Gasteiger partial charge in [-0.2, -0.15) is 0 Å². The molecule has 1 aliphatic heterocycles. The SMILES string of the molecule is CCNC(=NCC(=O)Nc1cccc(F)c1)N1CCC2(CCCC2)C1. The number of halogens is 1. The highest BCUT2D eigenvalue weighted by Gasteiger charge is 2.41. The second-order valence-corrected chi connectivity index (χ2v) is 7.11. The van der Waals surface area contributed by atoms with E-state index in [0.717, 1.165) is 25.6 Å². The molecule has 0 radical (unpaired) electrons. The van der Waals surface area contributed by atoms with Gasteiger partial charge in [-0.3, -0.25) is 4.79 Å². The van der Waals surface area contributed by atoms with Gasteiger partial charge in [-0.15, -0.1) is 0 Å². The van der Waals surface area contributed by atoms with E-state index in [4.69, 9.17) is 0 Å². The second-order valence-electron chi connectivity index (χ2n) is 7.11. The summed E-state index contributed by atoms with van der Waals surface area (Å²) < 4.78 is 13.2. The fourth-order valence-electron chi connectivity index (χ4n) is 3.99. The van der Waals surface area contributed by atoms with Gasteiger partial charge in [0.05, 0.1) is 0 Å². The number of benzene rings is 1. The summed E-state index contributed by atoms with van der Waals surface area (Å²) in [5.74, 6) is 0.199. The van der Waals surface area contributed by atoms with Gasteiger partial charge in [-0.05, 0) is 49.8 Å². The Labute approximate surface area is 148 Å². The number of likely N-dealkylation sites (tertiary alicyclic amines) is 1. The Bertz CT molecular complexity index is 640. The maximum absolute atomic E-state index is 13.2. The van der Waals surface area contributed by atoms with E-state index in [-0.39, 0.29) is 18.3 Å². The lowest BCUT2D eigenvalue weighted by atomic mass is 9.86. The Morgan fingerprint density at radius 1 is 1.32 bits per heavy atom. The Morgan fingerprint density at radius 2 is 2.12 bits per heavy atom. The lowest BCUT2D eigenvalue weighted by Gasteiger charge is -2.25. The molecule has 136 valence electrons. The van der Waals surface area contributed by atoms with Crippen molar-refractivity contribution in [2.24, 2.45) is 10.4 Å². The molecule has 0 aromatic heterocycles. The average molecular weight is 346 g/mol. The summed E-state index contributed by atoms with van der Waals surface area (Å²) >= 11 is 0. The molecule has 0 bridgehead atoms. The predicted molar refractivity (Wildman–Crippen MR) is 98.1 cm³/mol. The fourth-order valence-corrected chi connectivity index (χ4v) is 3.99. The molecule has 2 N–H and O–H groups in total. The zero-order valence-corrected chi connectivity index (χ0v) is 14.9. The minimum absolute atomic E-state index is 0.0301. The summed E-state index contributed by atoms with van der Waals surface area (Å²) in [6.07, 6.45) is 6.49. The molecule has 5 nitrogen and oxygen atoms in total. The van der Waals surface area contributed by atoms with Crippen molar-refractivity contribution in [3.63, 3.8) is 0 Å². The maximum Gasteiger partial charge on any atom is 0.246 e. The number of carbonyl (C=O) groups is 1. The van der Waals surface area contributed by atoms with Crippen LogP contribution in [0.4, 0.5) is 10.1 Å². The number of hydrogen-bond acceptors (Lipinski definition) is 2. The first kappa shape index (κ1) is 17.7. The van der Waals surface area contributed by atoms with Crippen LogP contribution in [-0.4, -0.2) is 42.9 Å². The smallest absolute Gasteiger partial charge is 0.246 e. The highest BCUT2D eigenvalue weighted by molar-refractivity contribution is 5.94. The first-order chi connectivity index (χ1) is 12.1. The van der Waals surface area contributed by atoms with Crippen LogP contribution in [-0.2, 0) is 4.79 Å². The van der Waals surface area contributed by atoms with Gasteiger partial charge in [0, 0.05) is 25.3 Å². The molecule has 6 heteroatoms. The number of aliphatic imine (C=N–C) groups is 1. The molecule has 1 amide bonds.